The number of rotatable bonds is 2. The van der Waals surface area contributed by atoms with Gasteiger partial charge in [0.2, 0.25) is 0 Å². The summed E-state index contributed by atoms with van der Waals surface area (Å²) in [4.78, 5) is 0. The van der Waals surface area contributed by atoms with Crippen LogP contribution in [-0.2, 0) is 0 Å². The lowest BCUT2D eigenvalue weighted by Gasteiger charge is -2.21. The van der Waals surface area contributed by atoms with E-state index >= 15 is 0 Å². The van der Waals surface area contributed by atoms with Crippen molar-refractivity contribution in [1.29, 1.82) is 0 Å². The first kappa shape index (κ1) is 9.18. The van der Waals surface area contributed by atoms with Crippen molar-refractivity contribution in [2.45, 2.75) is 33.6 Å². The fraction of sp³-hybridized carbons (Fsp3) is 0.800. The average molecular weight is 170 g/mol. The smallest absolute Gasteiger partial charge is 0.0146 e. The van der Waals surface area contributed by atoms with E-state index in [1.54, 1.807) is 11.1 Å². The van der Waals surface area contributed by atoms with E-state index in [9.17, 15) is 0 Å². The first-order valence-electron chi connectivity index (χ1n) is 4.54. The molecule has 11 heavy (non-hydrogen) atoms. The Hall–Kier alpha value is 0.0900. The van der Waals surface area contributed by atoms with Crippen LogP contribution in [0.15, 0.2) is 11.1 Å². The summed E-state index contributed by atoms with van der Waals surface area (Å²) in [6.45, 7) is 6.92. The fourth-order valence-electron chi connectivity index (χ4n) is 1.67. The standard InChI is InChI=1S/C10H18S/c1-4-9-7-11-6-5-10(9)8(2)3/h8H,4-7H2,1-3H3. The zero-order chi connectivity index (χ0) is 8.27. The van der Waals surface area contributed by atoms with Crippen LogP contribution in [0.4, 0.5) is 0 Å². The molecule has 0 aromatic rings. The minimum Gasteiger partial charge on any atom is -0.157 e. The Morgan fingerprint density at radius 2 is 2.18 bits per heavy atom. The lowest BCUT2D eigenvalue weighted by molar-refractivity contribution is 0.710. The van der Waals surface area contributed by atoms with Gasteiger partial charge in [0, 0.05) is 5.75 Å². The Morgan fingerprint density at radius 3 is 2.64 bits per heavy atom. The molecule has 0 radical (unpaired) electrons. The van der Waals surface area contributed by atoms with Crippen molar-refractivity contribution in [3.63, 3.8) is 0 Å². The molecule has 1 aliphatic heterocycles. The zero-order valence-electron chi connectivity index (χ0n) is 7.81. The Bertz CT molecular complexity index is 156. The van der Waals surface area contributed by atoms with Gasteiger partial charge in [-0.3, -0.25) is 0 Å². The van der Waals surface area contributed by atoms with E-state index in [0.29, 0.717) is 0 Å². The molecule has 1 rings (SSSR count). The van der Waals surface area contributed by atoms with E-state index in [4.69, 9.17) is 0 Å². The van der Waals surface area contributed by atoms with E-state index in [-0.39, 0.29) is 0 Å². The normalized spacial score (nSPS) is 19.6. The minimum absolute atomic E-state index is 0.783. The van der Waals surface area contributed by atoms with Gasteiger partial charge in [0.1, 0.15) is 0 Å². The summed E-state index contributed by atoms with van der Waals surface area (Å²) in [6, 6.07) is 0. The summed E-state index contributed by atoms with van der Waals surface area (Å²) in [5.74, 6) is 3.42. The molecule has 1 aliphatic rings. The summed E-state index contributed by atoms with van der Waals surface area (Å²) in [5.41, 5.74) is 3.46. The number of hydrogen-bond acceptors (Lipinski definition) is 1. The van der Waals surface area contributed by atoms with Gasteiger partial charge in [0.05, 0.1) is 0 Å². The molecule has 1 heteroatoms. The van der Waals surface area contributed by atoms with E-state index < -0.39 is 0 Å². The fourth-order valence-corrected chi connectivity index (χ4v) is 2.82. The maximum absolute atomic E-state index is 2.32. The summed E-state index contributed by atoms with van der Waals surface area (Å²) in [7, 11) is 0. The third-order valence-corrected chi connectivity index (χ3v) is 3.42. The molecule has 0 aromatic heterocycles. The van der Waals surface area contributed by atoms with Crippen molar-refractivity contribution < 1.29 is 0 Å². The predicted molar refractivity (Wildman–Crippen MR) is 54.1 cm³/mol. The molecule has 0 aromatic carbocycles. The molecule has 0 atom stereocenters. The topological polar surface area (TPSA) is 0 Å². The highest BCUT2D eigenvalue weighted by molar-refractivity contribution is 7.99. The maximum Gasteiger partial charge on any atom is 0.0146 e. The molecule has 0 bridgehead atoms. The van der Waals surface area contributed by atoms with Crippen molar-refractivity contribution in [3.05, 3.63) is 11.1 Å². The highest BCUT2D eigenvalue weighted by atomic mass is 32.2. The Morgan fingerprint density at radius 1 is 1.45 bits per heavy atom. The molecule has 0 fully saturated rings. The van der Waals surface area contributed by atoms with E-state index in [1.807, 2.05) is 0 Å². The average Bonchev–Trinajstić information content (AvgIpc) is 2.04. The Kier molecular flexibility index (Phi) is 3.50. The highest BCUT2D eigenvalue weighted by Crippen LogP contribution is 2.29. The third kappa shape index (κ3) is 2.26. The number of hydrogen-bond donors (Lipinski definition) is 0. The van der Waals surface area contributed by atoms with E-state index in [0.717, 1.165) is 5.92 Å². The van der Waals surface area contributed by atoms with Crippen molar-refractivity contribution in [2.75, 3.05) is 11.5 Å². The Balaban J connectivity index is 2.73. The molecule has 0 saturated carbocycles. The lowest BCUT2D eigenvalue weighted by Crippen LogP contribution is -2.07. The summed E-state index contributed by atoms with van der Waals surface area (Å²) >= 11 is 2.09. The number of thioether (sulfide) groups is 1. The first-order chi connectivity index (χ1) is 5.25. The van der Waals surface area contributed by atoms with Gasteiger partial charge >= 0.3 is 0 Å². The van der Waals surface area contributed by atoms with Crippen molar-refractivity contribution in [3.8, 4) is 0 Å². The Labute approximate surface area is 74.5 Å². The zero-order valence-corrected chi connectivity index (χ0v) is 8.63. The van der Waals surface area contributed by atoms with Crippen LogP contribution in [0.5, 0.6) is 0 Å². The molecule has 0 saturated heterocycles. The second-order valence-electron chi connectivity index (χ2n) is 3.44. The van der Waals surface area contributed by atoms with E-state index in [1.165, 1.54) is 24.3 Å². The molecule has 64 valence electrons. The molecule has 0 nitrogen and oxygen atoms in total. The largest absolute Gasteiger partial charge is 0.157 e. The van der Waals surface area contributed by atoms with E-state index in [2.05, 4.69) is 32.5 Å². The second-order valence-corrected chi connectivity index (χ2v) is 4.54. The lowest BCUT2D eigenvalue weighted by atomic mass is 9.94. The monoisotopic (exact) mass is 170 g/mol. The van der Waals surface area contributed by atoms with Gasteiger partial charge < -0.3 is 0 Å². The van der Waals surface area contributed by atoms with Crippen molar-refractivity contribution in [2.24, 2.45) is 5.92 Å². The molecule has 0 spiro atoms. The van der Waals surface area contributed by atoms with Crippen LogP contribution in [0.3, 0.4) is 0 Å². The predicted octanol–water partition coefficient (Wildman–Crippen LogP) is 3.49. The van der Waals surface area contributed by atoms with Crippen LogP contribution in [0, 0.1) is 5.92 Å². The van der Waals surface area contributed by atoms with Crippen molar-refractivity contribution in [1.82, 2.24) is 0 Å². The summed E-state index contributed by atoms with van der Waals surface area (Å²) in [5, 5.41) is 0. The molecular formula is C10H18S. The van der Waals surface area contributed by atoms with Crippen LogP contribution >= 0.6 is 11.8 Å². The van der Waals surface area contributed by atoms with Crippen LogP contribution in [0.1, 0.15) is 33.6 Å². The SMILES string of the molecule is CCC1=C(C(C)C)CCSC1. The second kappa shape index (κ2) is 4.20. The molecular weight excluding hydrogens is 152 g/mol. The number of allylic oxidation sites excluding steroid dienone is 1. The first-order valence-corrected chi connectivity index (χ1v) is 5.69. The molecule has 0 unspecified atom stereocenters. The van der Waals surface area contributed by atoms with Crippen LogP contribution in [-0.4, -0.2) is 11.5 Å². The van der Waals surface area contributed by atoms with Crippen LogP contribution in [0.25, 0.3) is 0 Å². The van der Waals surface area contributed by atoms with Crippen LogP contribution < -0.4 is 0 Å². The summed E-state index contributed by atoms with van der Waals surface area (Å²) < 4.78 is 0. The quantitative estimate of drug-likeness (QED) is 0.572. The highest BCUT2D eigenvalue weighted by Gasteiger charge is 2.13. The van der Waals surface area contributed by atoms with Crippen LogP contribution in [0.2, 0.25) is 0 Å². The summed E-state index contributed by atoms with van der Waals surface area (Å²) in [6.07, 6.45) is 2.60. The molecule has 1 heterocycles. The van der Waals surface area contributed by atoms with Gasteiger partial charge in [-0.2, -0.15) is 11.8 Å². The molecule has 0 aliphatic carbocycles. The van der Waals surface area contributed by atoms with Gasteiger partial charge in [-0.15, -0.1) is 0 Å². The maximum atomic E-state index is 2.32. The van der Waals surface area contributed by atoms with Gasteiger partial charge in [-0.05, 0) is 24.5 Å². The van der Waals surface area contributed by atoms with Gasteiger partial charge in [-0.25, -0.2) is 0 Å². The van der Waals surface area contributed by atoms with Gasteiger partial charge in [0.15, 0.2) is 0 Å². The minimum atomic E-state index is 0.783. The van der Waals surface area contributed by atoms with Gasteiger partial charge in [0.25, 0.3) is 0 Å². The third-order valence-electron chi connectivity index (χ3n) is 2.37. The van der Waals surface area contributed by atoms with Gasteiger partial charge in [-0.1, -0.05) is 31.9 Å². The molecule has 0 N–H and O–H groups in total. The molecule has 0 amide bonds. The van der Waals surface area contributed by atoms with Crippen molar-refractivity contribution >= 4 is 11.8 Å².